The predicted octanol–water partition coefficient (Wildman–Crippen LogP) is 4.14. The van der Waals surface area contributed by atoms with Crippen LogP contribution in [-0.2, 0) is 9.53 Å². The molecule has 5 heteroatoms. The van der Waals surface area contributed by atoms with E-state index in [1.54, 1.807) is 43.3 Å². The highest BCUT2D eigenvalue weighted by Crippen LogP contribution is 2.25. The Bertz CT molecular complexity index is 683. The molecule has 0 fully saturated rings. The van der Waals surface area contributed by atoms with Crippen molar-refractivity contribution in [2.45, 2.75) is 13.1 Å². The first kappa shape index (κ1) is 16.2. The van der Waals surface area contributed by atoms with E-state index < -0.39 is 12.1 Å². The minimum atomic E-state index is -1.99. The van der Waals surface area contributed by atoms with Gasteiger partial charge in [-0.3, -0.25) is 4.79 Å². The van der Waals surface area contributed by atoms with Gasteiger partial charge in [0.15, 0.2) is 5.78 Å². The van der Waals surface area contributed by atoms with Gasteiger partial charge in [0, 0.05) is 21.7 Å². The van der Waals surface area contributed by atoms with Gasteiger partial charge in [0.25, 0.3) is 0 Å². The standard InChI is InChI=1S/C17H14ClFO3/c1-2-22-17(21)15(19)13-5-3-4-6-14(13)16(20)11-7-9-12(18)10-8-11/h3-10,15H,2H2,1H3. The van der Waals surface area contributed by atoms with Crippen LogP contribution in [0, 0.1) is 0 Å². The molecule has 0 spiro atoms. The van der Waals surface area contributed by atoms with Crippen molar-refractivity contribution >= 4 is 23.4 Å². The van der Waals surface area contributed by atoms with Crippen LogP contribution in [0.1, 0.15) is 34.6 Å². The Kier molecular flexibility index (Phi) is 5.28. The summed E-state index contributed by atoms with van der Waals surface area (Å²) in [5.74, 6) is -1.38. The van der Waals surface area contributed by atoms with Crippen molar-refractivity contribution in [3.8, 4) is 0 Å². The molecule has 0 aliphatic rings. The second-order valence-corrected chi connectivity index (χ2v) is 4.97. The van der Waals surface area contributed by atoms with Gasteiger partial charge < -0.3 is 4.74 Å². The number of hydrogen-bond donors (Lipinski definition) is 0. The Balaban J connectivity index is 2.37. The van der Waals surface area contributed by atoms with Gasteiger partial charge in [-0.25, -0.2) is 9.18 Å². The number of rotatable bonds is 5. The summed E-state index contributed by atoms with van der Waals surface area (Å²) in [5.41, 5.74) is 0.499. The van der Waals surface area contributed by atoms with Gasteiger partial charge in [-0.05, 0) is 31.2 Å². The fourth-order valence-corrected chi connectivity index (χ4v) is 2.15. The van der Waals surface area contributed by atoms with Gasteiger partial charge in [-0.15, -0.1) is 0 Å². The van der Waals surface area contributed by atoms with E-state index in [1.165, 1.54) is 12.1 Å². The summed E-state index contributed by atoms with van der Waals surface area (Å²) in [6.07, 6.45) is -1.99. The molecule has 0 N–H and O–H groups in total. The summed E-state index contributed by atoms with van der Waals surface area (Å²) in [4.78, 5) is 24.1. The molecule has 2 rings (SSSR count). The van der Waals surface area contributed by atoms with Crippen LogP contribution in [0.3, 0.4) is 0 Å². The fourth-order valence-electron chi connectivity index (χ4n) is 2.02. The number of halogens is 2. The van der Waals surface area contributed by atoms with Gasteiger partial charge in [-0.2, -0.15) is 0 Å². The van der Waals surface area contributed by atoms with E-state index in [0.29, 0.717) is 10.6 Å². The molecule has 0 amide bonds. The topological polar surface area (TPSA) is 43.4 Å². The minimum Gasteiger partial charge on any atom is -0.464 e. The highest BCUT2D eigenvalue weighted by molar-refractivity contribution is 6.30. The van der Waals surface area contributed by atoms with Gasteiger partial charge >= 0.3 is 5.97 Å². The number of alkyl halides is 1. The third kappa shape index (κ3) is 3.52. The number of carbonyl (C=O) groups is 2. The average molecular weight is 321 g/mol. The number of hydrogen-bond acceptors (Lipinski definition) is 3. The van der Waals surface area contributed by atoms with Crippen LogP contribution >= 0.6 is 11.6 Å². The molecule has 0 aromatic heterocycles. The Hall–Kier alpha value is -2.20. The summed E-state index contributed by atoms with van der Waals surface area (Å²) < 4.78 is 18.9. The molecule has 2 aromatic carbocycles. The zero-order valence-corrected chi connectivity index (χ0v) is 12.6. The monoisotopic (exact) mass is 320 g/mol. The fraction of sp³-hybridized carbons (Fsp3) is 0.176. The molecule has 22 heavy (non-hydrogen) atoms. The number of carbonyl (C=O) groups excluding carboxylic acids is 2. The van der Waals surface area contributed by atoms with Crippen molar-refractivity contribution in [2.75, 3.05) is 6.61 Å². The van der Waals surface area contributed by atoms with Crippen molar-refractivity contribution < 1.29 is 18.7 Å². The zero-order valence-electron chi connectivity index (χ0n) is 11.9. The van der Waals surface area contributed by atoms with Crippen LogP contribution in [0.25, 0.3) is 0 Å². The zero-order chi connectivity index (χ0) is 16.1. The molecular formula is C17H14ClFO3. The molecule has 1 atom stereocenters. The van der Waals surface area contributed by atoms with Gasteiger partial charge in [0.05, 0.1) is 6.61 Å². The van der Waals surface area contributed by atoms with Crippen molar-refractivity contribution in [2.24, 2.45) is 0 Å². The second kappa shape index (κ2) is 7.18. The van der Waals surface area contributed by atoms with Crippen molar-refractivity contribution in [1.82, 2.24) is 0 Å². The smallest absolute Gasteiger partial charge is 0.345 e. The van der Waals surface area contributed by atoms with Crippen LogP contribution in [0.2, 0.25) is 5.02 Å². The lowest BCUT2D eigenvalue weighted by Gasteiger charge is -2.12. The van der Waals surface area contributed by atoms with Crippen LogP contribution in [0.4, 0.5) is 4.39 Å². The quantitative estimate of drug-likeness (QED) is 0.614. The van der Waals surface area contributed by atoms with Crippen LogP contribution in [0.5, 0.6) is 0 Å². The normalized spacial score (nSPS) is 11.8. The number of ether oxygens (including phenoxy) is 1. The third-order valence-corrected chi connectivity index (χ3v) is 3.33. The lowest BCUT2D eigenvalue weighted by atomic mass is 9.96. The molecule has 0 saturated heterocycles. The maximum atomic E-state index is 14.3. The van der Waals surface area contributed by atoms with E-state index in [0.717, 1.165) is 0 Å². The van der Waals surface area contributed by atoms with Crippen molar-refractivity contribution in [1.29, 1.82) is 0 Å². The van der Waals surface area contributed by atoms with E-state index >= 15 is 0 Å². The van der Waals surface area contributed by atoms with E-state index in [2.05, 4.69) is 4.74 Å². The van der Waals surface area contributed by atoms with E-state index in [9.17, 15) is 14.0 Å². The molecule has 0 aliphatic heterocycles. The largest absolute Gasteiger partial charge is 0.464 e. The van der Waals surface area contributed by atoms with E-state index in [4.69, 9.17) is 11.6 Å². The van der Waals surface area contributed by atoms with Gasteiger partial charge in [0.2, 0.25) is 6.17 Å². The summed E-state index contributed by atoms with van der Waals surface area (Å²) >= 11 is 5.79. The molecule has 3 nitrogen and oxygen atoms in total. The minimum absolute atomic E-state index is 0.000833. The number of esters is 1. The third-order valence-electron chi connectivity index (χ3n) is 3.08. The summed E-state index contributed by atoms with van der Waals surface area (Å²) in [6, 6.07) is 12.3. The first-order valence-corrected chi connectivity index (χ1v) is 7.12. The van der Waals surface area contributed by atoms with E-state index in [-0.39, 0.29) is 23.5 Å². The predicted molar refractivity (Wildman–Crippen MR) is 81.8 cm³/mol. The second-order valence-electron chi connectivity index (χ2n) is 4.54. The first-order valence-electron chi connectivity index (χ1n) is 6.74. The van der Waals surface area contributed by atoms with Crippen LogP contribution in [-0.4, -0.2) is 18.4 Å². The molecule has 0 radical (unpaired) electrons. The lowest BCUT2D eigenvalue weighted by Crippen LogP contribution is -2.15. The van der Waals surface area contributed by atoms with Gasteiger partial charge in [0.1, 0.15) is 0 Å². The number of ketones is 1. The lowest BCUT2D eigenvalue weighted by molar-refractivity contribution is -0.149. The molecule has 1 unspecified atom stereocenters. The summed E-state index contributed by atoms with van der Waals surface area (Å²) in [5, 5.41) is 0.500. The van der Waals surface area contributed by atoms with Crippen LogP contribution < -0.4 is 0 Å². The number of benzene rings is 2. The molecule has 114 valence electrons. The molecule has 0 aliphatic carbocycles. The Morgan fingerprint density at radius 3 is 2.41 bits per heavy atom. The van der Waals surface area contributed by atoms with Gasteiger partial charge in [-0.1, -0.05) is 35.9 Å². The molecule has 0 bridgehead atoms. The molecule has 2 aromatic rings. The SMILES string of the molecule is CCOC(=O)C(F)c1ccccc1C(=O)c1ccc(Cl)cc1. The Morgan fingerprint density at radius 2 is 1.77 bits per heavy atom. The maximum absolute atomic E-state index is 14.3. The van der Waals surface area contributed by atoms with Crippen molar-refractivity contribution in [3.05, 3.63) is 70.2 Å². The molecule has 0 saturated carbocycles. The highest BCUT2D eigenvalue weighted by Gasteiger charge is 2.26. The Labute approximate surface area is 132 Å². The van der Waals surface area contributed by atoms with E-state index in [1.807, 2.05) is 0 Å². The Morgan fingerprint density at radius 1 is 1.14 bits per heavy atom. The molecular weight excluding hydrogens is 307 g/mol. The first-order chi connectivity index (χ1) is 10.5. The van der Waals surface area contributed by atoms with Crippen molar-refractivity contribution in [3.63, 3.8) is 0 Å². The summed E-state index contributed by atoms with van der Waals surface area (Å²) in [7, 11) is 0. The highest BCUT2D eigenvalue weighted by atomic mass is 35.5. The maximum Gasteiger partial charge on any atom is 0.345 e. The average Bonchev–Trinajstić information content (AvgIpc) is 2.54. The van der Waals surface area contributed by atoms with Crippen LogP contribution in [0.15, 0.2) is 48.5 Å². The molecule has 0 heterocycles. The summed E-state index contributed by atoms with van der Waals surface area (Å²) in [6.45, 7) is 1.67.